The molecule has 3 atom stereocenters. The minimum absolute atomic E-state index is 0.0212. The normalized spacial score (nSPS) is 21.5. The molecule has 1 N–H and O–H groups in total. The van der Waals surface area contributed by atoms with Crippen LogP contribution >= 0.6 is 11.8 Å². The minimum atomic E-state index is -1.95. The largest absolute Gasteiger partial charge is 0.425 e. The fraction of sp³-hybridized carbons (Fsp3) is 0.441. The number of anilines is 3. The SMILES string of the molecule is CC(=O)Nc1nc(OC(=O)N(c2ccccc2)c2ccccc2)c2ncn([C@H]3CC[C@]4(CCC[C@H]4O[Si](C)(C)C(C)(C)C)S3)c2n1. The quantitative estimate of drug-likeness (QED) is 0.197. The molecule has 2 aromatic heterocycles. The molecule has 4 aromatic rings. The number of nitrogens with one attached hydrogen (secondary N) is 1. The van der Waals surface area contributed by atoms with Crippen molar-refractivity contribution in [3.63, 3.8) is 0 Å². The fourth-order valence-corrected chi connectivity index (χ4v) is 9.47. The number of fused-ring (bicyclic) bond motifs is 1. The molecule has 10 nitrogen and oxygen atoms in total. The molecular weight excluding hydrogens is 617 g/mol. The molecule has 12 heteroatoms. The summed E-state index contributed by atoms with van der Waals surface area (Å²) in [6.07, 6.45) is 6.60. The third-order valence-corrected chi connectivity index (χ3v) is 15.8. The molecule has 1 aliphatic carbocycles. The van der Waals surface area contributed by atoms with E-state index in [1.54, 1.807) is 6.33 Å². The molecule has 1 saturated heterocycles. The Bertz CT molecular complexity index is 1690. The molecule has 2 fully saturated rings. The third-order valence-electron chi connectivity index (χ3n) is 9.46. The number of aromatic nitrogens is 4. The van der Waals surface area contributed by atoms with Crippen LogP contribution in [0.4, 0.5) is 22.1 Å². The van der Waals surface area contributed by atoms with Crippen LogP contribution in [0, 0.1) is 0 Å². The Balaban J connectivity index is 1.32. The monoisotopic (exact) mass is 658 g/mol. The van der Waals surface area contributed by atoms with E-state index in [9.17, 15) is 9.59 Å². The Hall–Kier alpha value is -3.74. The lowest BCUT2D eigenvalue weighted by Gasteiger charge is -2.42. The van der Waals surface area contributed by atoms with Gasteiger partial charge in [-0.2, -0.15) is 9.97 Å². The number of carbonyl (C=O) groups is 2. The zero-order valence-electron chi connectivity index (χ0n) is 27.3. The number of amides is 2. The van der Waals surface area contributed by atoms with Crippen molar-refractivity contribution in [2.45, 2.75) is 94.2 Å². The van der Waals surface area contributed by atoms with Crippen LogP contribution in [-0.4, -0.2) is 50.7 Å². The van der Waals surface area contributed by atoms with Crippen molar-refractivity contribution in [2.24, 2.45) is 0 Å². The lowest BCUT2D eigenvalue weighted by Crippen LogP contribution is -2.48. The predicted octanol–water partition coefficient (Wildman–Crippen LogP) is 8.46. The van der Waals surface area contributed by atoms with Gasteiger partial charge in [0.1, 0.15) is 0 Å². The summed E-state index contributed by atoms with van der Waals surface area (Å²) in [4.78, 5) is 41.2. The second-order valence-electron chi connectivity index (χ2n) is 13.7. The number of rotatable bonds is 7. The van der Waals surface area contributed by atoms with Gasteiger partial charge in [-0.15, -0.1) is 11.8 Å². The lowest BCUT2D eigenvalue weighted by atomic mass is 9.99. The first kappa shape index (κ1) is 32.2. The van der Waals surface area contributed by atoms with Gasteiger partial charge in [-0.05, 0) is 74.5 Å². The maximum Gasteiger partial charge on any atom is 0.425 e. The molecular formula is C34H42N6O4SSi. The molecule has 46 heavy (non-hydrogen) atoms. The summed E-state index contributed by atoms with van der Waals surface area (Å²) < 4.78 is 15.1. The molecule has 0 radical (unpaired) electrons. The number of thioether (sulfide) groups is 1. The van der Waals surface area contributed by atoms with Crippen LogP contribution in [0.2, 0.25) is 18.1 Å². The molecule has 3 heterocycles. The maximum atomic E-state index is 13.9. The van der Waals surface area contributed by atoms with Crippen molar-refractivity contribution in [2.75, 3.05) is 10.2 Å². The van der Waals surface area contributed by atoms with Gasteiger partial charge in [0.2, 0.25) is 11.9 Å². The summed E-state index contributed by atoms with van der Waals surface area (Å²) >= 11 is 1.95. The number of benzene rings is 2. The zero-order chi connectivity index (χ0) is 32.7. The average Bonchev–Trinajstić information content (AvgIpc) is 3.72. The number of para-hydroxylation sites is 2. The molecule has 0 bridgehead atoms. The van der Waals surface area contributed by atoms with E-state index in [0.717, 1.165) is 32.1 Å². The number of hydrogen-bond acceptors (Lipinski definition) is 8. The molecule has 2 aromatic carbocycles. The number of ether oxygens (including phenoxy) is 1. The average molecular weight is 659 g/mol. The van der Waals surface area contributed by atoms with E-state index in [-0.39, 0.29) is 39.0 Å². The van der Waals surface area contributed by atoms with Crippen LogP contribution in [0.3, 0.4) is 0 Å². The summed E-state index contributed by atoms with van der Waals surface area (Å²) in [5.74, 6) is -0.302. The van der Waals surface area contributed by atoms with Crippen molar-refractivity contribution in [3.05, 3.63) is 67.0 Å². The van der Waals surface area contributed by atoms with E-state index in [1.807, 2.05) is 77.0 Å². The first-order chi connectivity index (χ1) is 21.9. The first-order valence-corrected chi connectivity index (χ1v) is 19.7. The zero-order valence-corrected chi connectivity index (χ0v) is 29.1. The highest BCUT2D eigenvalue weighted by atomic mass is 32.2. The van der Waals surface area contributed by atoms with E-state index in [1.165, 1.54) is 11.8 Å². The van der Waals surface area contributed by atoms with Crippen LogP contribution in [0.15, 0.2) is 67.0 Å². The van der Waals surface area contributed by atoms with Crippen molar-refractivity contribution in [1.82, 2.24) is 19.5 Å². The Kier molecular flexibility index (Phi) is 8.72. The lowest BCUT2D eigenvalue weighted by molar-refractivity contribution is -0.114. The Morgan fingerprint density at radius 1 is 1.00 bits per heavy atom. The van der Waals surface area contributed by atoms with Crippen LogP contribution in [0.5, 0.6) is 5.88 Å². The number of hydrogen-bond donors (Lipinski definition) is 1. The summed E-state index contributed by atoms with van der Waals surface area (Å²) in [7, 11) is -1.95. The first-order valence-electron chi connectivity index (χ1n) is 15.9. The smallest absolute Gasteiger partial charge is 0.413 e. The van der Waals surface area contributed by atoms with Gasteiger partial charge in [0.05, 0.1) is 29.2 Å². The highest BCUT2D eigenvalue weighted by Crippen LogP contribution is 2.59. The van der Waals surface area contributed by atoms with Crippen molar-refractivity contribution >= 4 is 60.6 Å². The van der Waals surface area contributed by atoms with E-state index < -0.39 is 14.4 Å². The standard InChI is InChI=1S/C34H42N6O4SSi/c1-23(41)36-31-37-29-28(30(38-31)43-32(42)40(24-14-9-7-10-15-24)25-16-11-8-12-17-25)35-22-39(29)27-19-21-34(45-27)20-13-18-26(34)44-46(5,6)33(2,3)4/h7-12,14-17,22,26-27H,13,18-21H2,1-6H3,(H,36,37,38,41)/t26-,27-,34+/m1/s1. The molecule has 1 saturated carbocycles. The van der Waals surface area contributed by atoms with Gasteiger partial charge in [0.25, 0.3) is 5.88 Å². The van der Waals surface area contributed by atoms with Crippen LogP contribution in [-0.2, 0) is 9.22 Å². The Morgan fingerprint density at radius 2 is 1.65 bits per heavy atom. The fourth-order valence-electron chi connectivity index (χ4n) is 6.11. The topological polar surface area (TPSA) is 111 Å². The van der Waals surface area contributed by atoms with Crippen LogP contribution < -0.4 is 15.0 Å². The maximum absolute atomic E-state index is 13.9. The Labute approximate surface area is 275 Å². The molecule has 6 rings (SSSR count). The summed E-state index contributed by atoms with van der Waals surface area (Å²) in [6.45, 7) is 12.9. The molecule has 242 valence electrons. The summed E-state index contributed by atoms with van der Waals surface area (Å²) in [6, 6.07) is 18.5. The number of carbonyl (C=O) groups excluding carboxylic acids is 2. The molecule has 2 amide bonds. The highest BCUT2D eigenvalue weighted by Gasteiger charge is 2.53. The highest BCUT2D eigenvalue weighted by molar-refractivity contribution is 8.01. The third kappa shape index (κ3) is 6.30. The van der Waals surface area contributed by atoms with Crippen molar-refractivity contribution in [3.8, 4) is 5.88 Å². The van der Waals surface area contributed by atoms with Gasteiger partial charge in [-0.25, -0.2) is 14.7 Å². The molecule has 2 aliphatic rings. The second kappa shape index (κ2) is 12.5. The Morgan fingerprint density at radius 3 is 2.26 bits per heavy atom. The van der Waals surface area contributed by atoms with Gasteiger partial charge in [-0.1, -0.05) is 57.2 Å². The number of imidazole rings is 1. The van der Waals surface area contributed by atoms with Gasteiger partial charge >= 0.3 is 6.09 Å². The van der Waals surface area contributed by atoms with Gasteiger partial charge < -0.3 is 13.7 Å². The molecule has 0 unspecified atom stereocenters. The van der Waals surface area contributed by atoms with Crippen molar-refractivity contribution in [1.29, 1.82) is 0 Å². The van der Waals surface area contributed by atoms with Crippen LogP contribution in [0.1, 0.15) is 65.2 Å². The van der Waals surface area contributed by atoms with Gasteiger partial charge in [-0.3, -0.25) is 10.1 Å². The van der Waals surface area contributed by atoms with Crippen molar-refractivity contribution < 1.29 is 18.8 Å². The van der Waals surface area contributed by atoms with E-state index >= 15 is 0 Å². The molecule has 1 aliphatic heterocycles. The van der Waals surface area contributed by atoms with E-state index in [4.69, 9.17) is 9.16 Å². The minimum Gasteiger partial charge on any atom is -0.413 e. The second-order valence-corrected chi connectivity index (χ2v) is 20.0. The van der Waals surface area contributed by atoms with E-state index in [2.05, 4.69) is 54.1 Å². The molecule has 1 spiro atoms. The summed E-state index contributed by atoms with van der Waals surface area (Å²) in [5.41, 5.74) is 2.12. The summed E-state index contributed by atoms with van der Waals surface area (Å²) in [5, 5.41) is 2.87. The predicted molar refractivity (Wildman–Crippen MR) is 185 cm³/mol. The number of nitrogens with zero attached hydrogens (tertiary/aromatic N) is 5. The van der Waals surface area contributed by atoms with E-state index in [0.29, 0.717) is 22.5 Å². The van der Waals surface area contributed by atoms with Crippen LogP contribution in [0.25, 0.3) is 11.2 Å². The van der Waals surface area contributed by atoms with Gasteiger partial charge in [0.15, 0.2) is 19.5 Å². The van der Waals surface area contributed by atoms with Gasteiger partial charge in [0, 0.05) is 11.7 Å².